The van der Waals surface area contributed by atoms with Crippen LogP contribution in [0.2, 0.25) is 0 Å². The largest absolute Gasteiger partial charge is 0.469 e. The lowest BCUT2D eigenvalue weighted by molar-refractivity contribution is -0.146. The number of ether oxygens (including phenoxy) is 1. The number of methoxy groups -OCH3 is 1. The minimum absolute atomic E-state index is 0.0112. The van der Waals surface area contributed by atoms with Gasteiger partial charge in [0.1, 0.15) is 5.82 Å². The highest BCUT2D eigenvalue weighted by Gasteiger charge is 2.24. The number of hydrogen-bond acceptors (Lipinski definition) is 4. The monoisotopic (exact) mass is 264 g/mol. The molecular formula is C13H16N2O2S. The van der Waals surface area contributed by atoms with Gasteiger partial charge in [-0.25, -0.2) is 4.98 Å². The van der Waals surface area contributed by atoms with Crippen LogP contribution in [-0.4, -0.2) is 22.6 Å². The molecule has 2 aromatic heterocycles. The average Bonchev–Trinajstić information content (AvgIpc) is 3.05. The maximum Gasteiger partial charge on any atom is 0.310 e. The molecule has 2 heterocycles. The highest BCUT2D eigenvalue weighted by atomic mass is 32.1. The van der Waals surface area contributed by atoms with Crippen LogP contribution in [0.25, 0.3) is 10.7 Å². The first-order valence-electron chi connectivity index (χ1n) is 5.79. The van der Waals surface area contributed by atoms with Gasteiger partial charge >= 0.3 is 5.97 Å². The summed E-state index contributed by atoms with van der Waals surface area (Å²) in [6.07, 6.45) is 3.66. The number of imidazole rings is 1. The molecule has 18 heavy (non-hydrogen) atoms. The summed E-state index contributed by atoms with van der Waals surface area (Å²) in [6.45, 7) is 3.87. The molecule has 4 nitrogen and oxygen atoms in total. The van der Waals surface area contributed by atoms with Crippen molar-refractivity contribution in [3.05, 3.63) is 29.9 Å². The summed E-state index contributed by atoms with van der Waals surface area (Å²) in [5.41, 5.74) is 0. The van der Waals surface area contributed by atoms with Gasteiger partial charge in [0.05, 0.1) is 17.9 Å². The first-order chi connectivity index (χ1) is 8.65. The van der Waals surface area contributed by atoms with Gasteiger partial charge in [-0.05, 0) is 25.3 Å². The number of thiophene rings is 1. The van der Waals surface area contributed by atoms with E-state index in [4.69, 9.17) is 4.74 Å². The topological polar surface area (TPSA) is 44.1 Å². The van der Waals surface area contributed by atoms with Crippen LogP contribution in [0.3, 0.4) is 0 Å². The molecule has 2 aromatic rings. The predicted octanol–water partition coefficient (Wildman–Crippen LogP) is 2.98. The first-order valence-corrected chi connectivity index (χ1v) is 6.67. The molecule has 0 saturated heterocycles. The standard InChI is InChI=1S/C13H16N2O2S/c1-9(13(16)17-3)10(2)15-7-6-14-12(15)11-5-4-8-18-11/h4-10H,1-3H3. The number of aromatic nitrogens is 2. The molecule has 0 aliphatic carbocycles. The van der Waals surface area contributed by atoms with E-state index < -0.39 is 0 Å². The van der Waals surface area contributed by atoms with E-state index in [2.05, 4.69) is 4.98 Å². The van der Waals surface area contributed by atoms with Crippen molar-refractivity contribution in [3.8, 4) is 10.7 Å². The summed E-state index contributed by atoms with van der Waals surface area (Å²) in [4.78, 5) is 17.1. The van der Waals surface area contributed by atoms with Crippen molar-refractivity contribution in [1.29, 1.82) is 0 Å². The van der Waals surface area contributed by atoms with Crippen LogP contribution >= 0.6 is 11.3 Å². The summed E-state index contributed by atoms with van der Waals surface area (Å²) in [6, 6.07) is 4.03. The van der Waals surface area contributed by atoms with Crippen LogP contribution in [0.5, 0.6) is 0 Å². The summed E-state index contributed by atoms with van der Waals surface area (Å²) < 4.78 is 6.81. The third kappa shape index (κ3) is 2.31. The quantitative estimate of drug-likeness (QED) is 0.797. The van der Waals surface area contributed by atoms with Crippen molar-refractivity contribution in [2.24, 2.45) is 5.92 Å². The van der Waals surface area contributed by atoms with E-state index in [1.807, 2.05) is 42.1 Å². The fraction of sp³-hybridized carbons (Fsp3) is 0.385. The van der Waals surface area contributed by atoms with Gasteiger partial charge in [0.2, 0.25) is 0 Å². The number of carbonyl (C=O) groups is 1. The summed E-state index contributed by atoms with van der Waals surface area (Å²) >= 11 is 1.64. The Morgan fingerprint density at radius 2 is 2.28 bits per heavy atom. The van der Waals surface area contributed by atoms with Gasteiger partial charge in [-0.3, -0.25) is 4.79 Å². The average molecular weight is 264 g/mol. The van der Waals surface area contributed by atoms with Gasteiger partial charge in [-0.1, -0.05) is 6.07 Å². The van der Waals surface area contributed by atoms with Crippen LogP contribution in [0.4, 0.5) is 0 Å². The Morgan fingerprint density at radius 1 is 1.50 bits per heavy atom. The highest BCUT2D eigenvalue weighted by molar-refractivity contribution is 7.13. The SMILES string of the molecule is COC(=O)C(C)C(C)n1ccnc1-c1cccs1. The third-order valence-corrected chi connectivity index (χ3v) is 4.01. The molecular weight excluding hydrogens is 248 g/mol. The maximum absolute atomic E-state index is 11.6. The second kappa shape index (κ2) is 5.35. The second-order valence-electron chi connectivity index (χ2n) is 4.19. The highest BCUT2D eigenvalue weighted by Crippen LogP contribution is 2.28. The lowest BCUT2D eigenvalue weighted by Gasteiger charge is -2.20. The van der Waals surface area contributed by atoms with Gasteiger partial charge in [-0.2, -0.15) is 0 Å². The maximum atomic E-state index is 11.6. The van der Waals surface area contributed by atoms with E-state index in [-0.39, 0.29) is 17.9 Å². The van der Waals surface area contributed by atoms with Crippen molar-refractivity contribution >= 4 is 17.3 Å². The summed E-state index contributed by atoms with van der Waals surface area (Å²) in [5, 5.41) is 2.02. The van der Waals surface area contributed by atoms with Crippen molar-refractivity contribution in [3.63, 3.8) is 0 Å². The summed E-state index contributed by atoms with van der Waals surface area (Å²) in [7, 11) is 1.42. The number of hydrogen-bond donors (Lipinski definition) is 0. The fourth-order valence-electron chi connectivity index (χ4n) is 1.86. The Kier molecular flexibility index (Phi) is 3.81. The second-order valence-corrected chi connectivity index (χ2v) is 5.14. The van der Waals surface area contributed by atoms with Crippen LogP contribution in [0, 0.1) is 5.92 Å². The van der Waals surface area contributed by atoms with Crippen molar-refractivity contribution in [2.45, 2.75) is 19.9 Å². The summed E-state index contributed by atoms with van der Waals surface area (Å²) in [5.74, 6) is 0.490. The molecule has 0 fully saturated rings. The van der Waals surface area contributed by atoms with E-state index in [1.165, 1.54) is 7.11 Å². The minimum Gasteiger partial charge on any atom is -0.469 e. The van der Waals surface area contributed by atoms with Crippen LogP contribution in [0.15, 0.2) is 29.9 Å². The lowest BCUT2D eigenvalue weighted by Crippen LogP contribution is -2.23. The molecule has 2 rings (SSSR count). The molecule has 0 spiro atoms. The van der Waals surface area contributed by atoms with Crippen LogP contribution in [-0.2, 0) is 9.53 Å². The number of rotatable bonds is 4. The zero-order valence-electron chi connectivity index (χ0n) is 10.7. The van der Waals surface area contributed by atoms with Crippen molar-refractivity contribution in [2.75, 3.05) is 7.11 Å². The normalized spacial score (nSPS) is 14.2. The Hall–Kier alpha value is -1.62. The molecule has 0 bridgehead atoms. The van der Waals surface area contributed by atoms with Gasteiger partial charge in [0, 0.05) is 18.4 Å². The first kappa shape index (κ1) is 12.8. The molecule has 0 saturated carbocycles. The van der Waals surface area contributed by atoms with Crippen molar-refractivity contribution < 1.29 is 9.53 Å². The van der Waals surface area contributed by atoms with Crippen LogP contribution in [0.1, 0.15) is 19.9 Å². The molecule has 5 heteroatoms. The van der Waals surface area contributed by atoms with Crippen LogP contribution < -0.4 is 0 Å². The van der Waals surface area contributed by atoms with E-state index >= 15 is 0 Å². The number of nitrogens with zero attached hydrogens (tertiary/aromatic N) is 2. The molecule has 2 unspecified atom stereocenters. The Balaban J connectivity index is 2.29. The fourth-order valence-corrected chi connectivity index (χ4v) is 2.59. The van der Waals surface area contributed by atoms with Gasteiger partial charge in [0.25, 0.3) is 0 Å². The van der Waals surface area contributed by atoms with E-state index in [0.717, 1.165) is 10.7 Å². The molecule has 0 aromatic carbocycles. The molecule has 0 aliphatic rings. The number of carbonyl (C=O) groups excluding carboxylic acids is 1. The number of esters is 1. The molecule has 0 N–H and O–H groups in total. The van der Waals surface area contributed by atoms with Gasteiger partial charge < -0.3 is 9.30 Å². The van der Waals surface area contributed by atoms with Crippen molar-refractivity contribution in [1.82, 2.24) is 9.55 Å². The van der Waals surface area contributed by atoms with E-state index in [1.54, 1.807) is 17.5 Å². The molecule has 0 aliphatic heterocycles. The third-order valence-electron chi connectivity index (χ3n) is 3.15. The molecule has 0 radical (unpaired) electrons. The lowest BCUT2D eigenvalue weighted by atomic mass is 10.0. The Labute approximate surface area is 110 Å². The van der Waals surface area contributed by atoms with E-state index in [9.17, 15) is 4.79 Å². The van der Waals surface area contributed by atoms with E-state index in [0.29, 0.717) is 0 Å². The molecule has 0 amide bonds. The minimum atomic E-state index is -0.206. The molecule has 96 valence electrons. The Bertz CT molecular complexity index is 519. The smallest absolute Gasteiger partial charge is 0.310 e. The predicted molar refractivity (Wildman–Crippen MR) is 71.4 cm³/mol. The molecule has 2 atom stereocenters. The zero-order valence-corrected chi connectivity index (χ0v) is 11.5. The van der Waals surface area contributed by atoms with Gasteiger partial charge in [-0.15, -0.1) is 11.3 Å². The van der Waals surface area contributed by atoms with Gasteiger partial charge in [0.15, 0.2) is 0 Å². The Morgan fingerprint density at radius 3 is 2.89 bits per heavy atom. The zero-order chi connectivity index (χ0) is 13.1.